The Hall–Kier alpha value is -1.21. The first-order chi connectivity index (χ1) is 8.93. The molecule has 1 aromatic rings. The highest BCUT2D eigenvalue weighted by Gasteiger charge is 2.12. The predicted molar refractivity (Wildman–Crippen MR) is 81.5 cm³/mol. The first-order valence-corrected chi connectivity index (χ1v) is 6.93. The third-order valence-electron chi connectivity index (χ3n) is 2.51. The Morgan fingerprint density at radius 3 is 2.63 bits per heavy atom. The summed E-state index contributed by atoms with van der Waals surface area (Å²) >= 11 is 7.95. The number of carbonyl (C=O) groups excluding carboxylic acids is 1. The van der Waals surface area contributed by atoms with Gasteiger partial charge in [0, 0.05) is 18.5 Å². The zero-order valence-electron chi connectivity index (χ0n) is 10.2. The van der Waals surface area contributed by atoms with Gasteiger partial charge in [0.15, 0.2) is 5.82 Å². The second-order valence-electron chi connectivity index (χ2n) is 4.00. The molecule has 4 nitrogen and oxygen atoms in total. The molecule has 0 aliphatic rings. The SMILES string of the molecule is NC(=O)CCCCNc1ccc(C(N)=S)c(Br)c1F. The van der Waals surface area contributed by atoms with Crippen molar-refractivity contribution in [3.8, 4) is 0 Å². The van der Waals surface area contributed by atoms with E-state index in [1.54, 1.807) is 12.1 Å². The number of nitrogens with one attached hydrogen (secondary N) is 1. The van der Waals surface area contributed by atoms with Gasteiger partial charge in [0.25, 0.3) is 0 Å². The van der Waals surface area contributed by atoms with E-state index in [0.717, 1.165) is 6.42 Å². The summed E-state index contributed by atoms with van der Waals surface area (Å²) in [7, 11) is 0. The summed E-state index contributed by atoms with van der Waals surface area (Å²) in [6.07, 6.45) is 1.75. The van der Waals surface area contributed by atoms with E-state index in [9.17, 15) is 9.18 Å². The zero-order chi connectivity index (χ0) is 14.4. The molecule has 0 atom stereocenters. The van der Waals surface area contributed by atoms with Crippen molar-refractivity contribution in [3.63, 3.8) is 0 Å². The number of amides is 1. The van der Waals surface area contributed by atoms with Crippen LogP contribution in [0.3, 0.4) is 0 Å². The lowest BCUT2D eigenvalue weighted by molar-refractivity contribution is -0.118. The Bertz CT molecular complexity index is 496. The Morgan fingerprint density at radius 2 is 2.05 bits per heavy atom. The maximum Gasteiger partial charge on any atom is 0.217 e. The molecule has 5 N–H and O–H groups in total. The summed E-state index contributed by atoms with van der Waals surface area (Å²) in [5, 5.41) is 2.95. The summed E-state index contributed by atoms with van der Waals surface area (Å²) in [4.78, 5) is 10.7. The minimum Gasteiger partial charge on any atom is -0.389 e. The van der Waals surface area contributed by atoms with Gasteiger partial charge in [-0.3, -0.25) is 4.79 Å². The maximum absolute atomic E-state index is 14.0. The summed E-state index contributed by atoms with van der Waals surface area (Å²) in [6, 6.07) is 3.24. The Labute approximate surface area is 124 Å². The number of halogens is 2. The summed E-state index contributed by atoms with van der Waals surface area (Å²) < 4.78 is 14.2. The molecule has 0 aliphatic carbocycles. The molecule has 104 valence electrons. The van der Waals surface area contributed by atoms with Crippen molar-refractivity contribution in [2.24, 2.45) is 11.5 Å². The summed E-state index contributed by atoms with van der Waals surface area (Å²) in [6.45, 7) is 0.559. The van der Waals surface area contributed by atoms with E-state index >= 15 is 0 Å². The quantitative estimate of drug-likeness (QED) is 0.522. The molecule has 0 spiro atoms. The van der Waals surface area contributed by atoms with Crippen LogP contribution in [-0.4, -0.2) is 17.4 Å². The molecule has 1 aromatic carbocycles. The molecule has 19 heavy (non-hydrogen) atoms. The van der Waals surface area contributed by atoms with Crippen LogP contribution < -0.4 is 16.8 Å². The lowest BCUT2D eigenvalue weighted by Gasteiger charge is -2.10. The van der Waals surface area contributed by atoms with E-state index in [0.29, 0.717) is 30.6 Å². The van der Waals surface area contributed by atoms with Crippen molar-refractivity contribution in [2.75, 3.05) is 11.9 Å². The number of carbonyl (C=O) groups is 1. The van der Waals surface area contributed by atoms with Crippen molar-refractivity contribution >= 4 is 44.7 Å². The molecule has 0 aliphatic heterocycles. The number of hydrogen-bond acceptors (Lipinski definition) is 3. The highest BCUT2D eigenvalue weighted by atomic mass is 79.9. The fourth-order valence-corrected chi connectivity index (χ4v) is 2.38. The highest BCUT2D eigenvalue weighted by Crippen LogP contribution is 2.27. The number of unbranched alkanes of at least 4 members (excludes halogenated alkanes) is 1. The first kappa shape index (κ1) is 15.8. The molecule has 1 amide bonds. The Kier molecular flexibility index (Phi) is 6.17. The number of thiocarbonyl (C=S) groups is 1. The van der Waals surface area contributed by atoms with Crippen LogP contribution in [0.4, 0.5) is 10.1 Å². The van der Waals surface area contributed by atoms with E-state index in [4.69, 9.17) is 23.7 Å². The number of rotatable bonds is 7. The van der Waals surface area contributed by atoms with Crippen LogP contribution >= 0.6 is 28.1 Å². The smallest absolute Gasteiger partial charge is 0.217 e. The van der Waals surface area contributed by atoms with Gasteiger partial charge < -0.3 is 16.8 Å². The number of nitrogens with two attached hydrogens (primary N) is 2. The molecule has 0 radical (unpaired) electrons. The van der Waals surface area contributed by atoms with Crippen molar-refractivity contribution in [3.05, 3.63) is 28.0 Å². The van der Waals surface area contributed by atoms with Crippen LogP contribution in [0.25, 0.3) is 0 Å². The van der Waals surface area contributed by atoms with Gasteiger partial charge in [-0.2, -0.15) is 0 Å². The number of primary amides is 1. The molecule has 0 aromatic heterocycles. The number of benzene rings is 1. The summed E-state index contributed by atoms with van der Waals surface area (Å²) in [5.41, 5.74) is 11.3. The van der Waals surface area contributed by atoms with Crippen LogP contribution in [0.15, 0.2) is 16.6 Å². The third-order valence-corrected chi connectivity index (χ3v) is 3.51. The molecule has 7 heteroatoms. The van der Waals surface area contributed by atoms with Gasteiger partial charge in [0.1, 0.15) is 4.99 Å². The van der Waals surface area contributed by atoms with Crippen LogP contribution in [-0.2, 0) is 4.79 Å². The lowest BCUT2D eigenvalue weighted by atomic mass is 10.2. The van der Waals surface area contributed by atoms with Crippen molar-refractivity contribution in [2.45, 2.75) is 19.3 Å². The van der Waals surface area contributed by atoms with E-state index in [-0.39, 0.29) is 15.4 Å². The van der Waals surface area contributed by atoms with E-state index < -0.39 is 5.82 Å². The molecule has 0 saturated heterocycles. The molecule has 0 fully saturated rings. The normalized spacial score (nSPS) is 10.2. The molecule has 0 unspecified atom stereocenters. The van der Waals surface area contributed by atoms with Gasteiger partial charge in [-0.05, 0) is 40.9 Å². The minimum absolute atomic E-state index is 0.138. The van der Waals surface area contributed by atoms with Crippen molar-refractivity contribution in [1.29, 1.82) is 0 Å². The standard InChI is InChI=1S/C12H15BrFN3OS/c13-10-7(12(16)19)4-5-8(11(10)14)17-6-2-1-3-9(15)18/h4-5,17H,1-3,6H2,(H2,15,18)(H2,16,19). The molecular weight excluding hydrogens is 333 g/mol. The number of hydrogen-bond donors (Lipinski definition) is 3. The van der Waals surface area contributed by atoms with Crippen LogP contribution in [0.2, 0.25) is 0 Å². The van der Waals surface area contributed by atoms with E-state index in [1.165, 1.54) is 0 Å². The van der Waals surface area contributed by atoms with Crippen molar-refractivity contribution in [1.82, 2.24) is 0 Å². The monoisotopic (exact) mass is 347 g/mol. The van der Waals surface area contributed by atoms with Gasteiger partial charge in [-0.25, -0.2) is 4.39 Å². The van der Waals surface area contributed by atoms with Gasteiger partial charge in [-0.1, -0.05) is 12.2 Å². The average molecular weight is 348 g/mol. The number of anilines is 1. The van der Waals surface area contributed by atoms with E-state index in [1.807, 2.05) is 0 Å². The van der Waals surface area contributed by atoms with Crippen LogP contribution in [0.1, 0.15) is 24.8 Å². The largest absolute Gasteiger partial charge is 0.389 e. The van der Waals surface area contributed by atoms with Gasteiger partial charge in [0.2, 0.25) is 5.91 Å². The molecule has 0 saturated carbocycles. The topological polar surface area (TPSA) is 81.1 Å². The van der Waals surface area contributed by atoms with Crippen LogP contribution in [0, 0.1) is 5.82 Å². The fourth-order valence-electron chi connectivity index (χ4n) is 1.52. The molecule has 1 rings (SSSR count). The maximum atomic E-state index is 14.0. The first-order valence-electron chi connectivity index (χ1n) is 5.73. The second kappa shape index (κ2) is 7.40. The lowest BCUT2D eigenvalue weighted by Crippen LogP contribution is -2.13. The predicted octanol–water partition coefficient (Wildman–Crippen LogP) is 2.29. The Balaban J connectivity index is 2.58. The fraction of sp³-hybridized carbons (Fsp3) is 0.333. The Morgan fingerprint density at radius 1 is 1.37 bits per heavy atom. The second-order valence-corrected chi connectivity index (χ2v) is 5.24. The van der Waals surface area contributed by atoms with Gasteiger partial charge >= 0.3 is 0 Å². The van der Waals surface area contributed by atoms with Crippen molar-refractivity contribution < 1.29 is 9.18 Å². The molecule has 0 bridgehead atoms. The highest BCUT2D eigenvalue weighted by molar-refractivity contribution is 9.10. The van der Waals surface area contributed by atoms with Gasteiger partial charge in [-0.15, -0.1) is 0 Å². The zero-order valence-corrected chi connectivity index (χ0v) is 12.6. The summed E-state index contributed by atoms with van der Waals surface area (Å²) in [5.74, 6) is -0.755. The minimum atomic E-state index is -0.430. The third kappa shape index (κ3) is 4.76. The van der Waals surface area contributed by atoms with Gasteiger partial charge in [0.05, 0.1) is 10.2 Å². The van der Waals surface area contributed by atoms with Crippen LogP contribution in [0.5, 0.6) is 0 Å². The van der Waals surface area contributed by atoms with E-state index in [2.05, 4.69) is 21.2 Å². The average Bonchev–Trinajstić information content (AvgIpc) is 2.33. The molecular formula is C12H15BrFN3OS. The molecule has 0 heterocycles.